The number of nitrogen functional groups attached to an aromatic ring is 1. The zero-order chi connectivity index (χ0) is 16.6. The average molecular weight is 308 g/mol. The number of carboxylic acids is 1. The van der Waals surface area contributed by atoms with Gasteiger partial charge in [-0.05, 0) is 43.2 Å². The molecule has 2 aromatic carbocycles. The van der Waals surface area contributed by atoms with E-state index in [1.807, 2.05) is 32.0 Å². The fourth-order valence-electron chi connectivity index (χ4n) is 2.50. The van der Waals surface area contributed by atoms with Crippen LogP contribution in [-0.4, -0.2) is 26.1 Å². The molecule has 1 heterocycles. The van der Waals surface area contributed by atoms with E-state index in [1.165, 1.54) is 0 Å². The lowest BCUT2D eigenvalue weighted by Gasteiger charge is -2.12. The van der Waals surface area contributed by atoms with Crippen molar-refractivity contribution in [2.24, 2.45) is 0 Å². The van der Waals surface area contributed by atoms with Crippen LogP contribution in [0, 0.1) is 13.8 Å². The third kappa shape index (κ3) is 2.55. The van der Waals surface area contributed by atoms with Crippen molar-refractivity contribution in [2.45, 2.75) is 13.8 Å². The maximum Gasteiger partial charge on any atom is 0.358 e. The predicted molar refractivity (Wildman–Crippen MR) is 87.6 cm³/mol. The molecule has 0 spiro atoms. The summed E-state index contributed by atoms with van der Waals surface area (Å²) in [5, 5.41) is 17.3. The Morgan fingerprint density at radius 2 is 1.91 bits per heavy atom. The van der Waals surface area contributed by atoms with Crippen LogP contribution in [0.3, 0.4) is 0 Å². The number of aromatic nitrogens is 3. The van der Waals surface area contributed by atoms with Gasteiger partial charge in [-0.1, -0.05) is 29.5 Å². The molecule has 23 heavy (non-hydrogen) atoms. The average Bonchev–Trinajstić information content (AvgIpc) is 2.95. The van der Waals surface area contributed by atoms with Crippen LogP contribution >= 0.6 is 0 Å². The smallest absolute Gasteiger partial charge is 0.358 e. The summed E-state index contributed by atoms with van der Waals surface area (Å²) in [6.07, 6.45) is 0. The van der Waals surface area contributed by atoms with E-state index < -0.39 is 5.97 Å². The van der Waals surface area contributed by atoms with Crippen molar-refractivity contribution in [1.82, 2.24) is 15.0 Å². The van der Waals surface area contributed by atoms with Gasteiger partial charge in [0.15, 0.2) is 5.69 Å². The number of hydrogen-bond donors (Lipinski definition) is 2. The van der Waals surface area contributed by atoms with Gasteiger partial charge in [-0.3, -0.25) is 0 Å². The molecule has 0 aliphatic heterocycles. The SMILES string of the molecule is Cc1cccc(-n2nnc(C(=O)O)c2-c2cccc(N)c2)c1C. The maximum absolute atomic E-state index is 11.5. The van der Waals surface area contributed by atoms with Gasteiger partial charge in [0.05, 0.1) is 5.69 Å². The number of rotatable bonds is 3. The summed E-state index contributed by atoms with van der Waals surface area (Å²) in [4.78, 5) is 11.5. The minimum atomic E-state index is -1.13. The topological polar surface area (TPSA) is 94.0 Å². The summed E-state index contributed by atoms with van der Waals surface area (Å²) < 4.78 is 1.56. The highest BCUT2D eigenvalue weighted by Crippen LogP contribution is 2.28. The van der Waals surface area contributed by atoms with Crippen LogP contribution in [0.25, 0.3) is 16.9 Å². The molecule has 0 unspecified atom stereocenters. The quantitative estimate of drug-likeness (QED) is 0.726. The van der Waals surface area contributed by atoms with Gasteiger partial charge in [-0.15, -0.1) is 5.10 Å². The maximum atomic E-state index is 11.5. The van der Waals surface area contributed by atoms with E-state index in [4.69, 9.17) is 5.73 Å². The molecular formula is C17H16N4O2. The molecule has 0 saturated heterocycles. The molecule has 0 bridgehead atoms. The van der Waals surface area contributed by atoms with Gasteiger partial charge in [0.2, 0.25) is 0 Å². The van der Waals surface area contributed by atoms with Crippen LogP contribution in [0.4, 0.5) is 5.69 Å². The van der Waals surface area contributed by atoms with E-state index in [-0.39, 0.29) is 5.69 Å². The lowest BCUT2D eigenvalue weighted by atomic mass is 10.1. The van der Waals surface area contributed by atoms with Gasteiger partial charge >= 0.3 is 5.97 Å². The van der Waals surface area contributed by atoms with Crippen LogP contribution in [-0.2, 0) is 0 Å². The molecule has 0 aliphatic carbocycles. The van der Waals surface area contributed by atoms with E-state index in [9.17, 15) is 9.90 Å². The van der Waals surface area contributed by atoms with Crippen molar-refractivity contribution in [1.29, 1.82) is 0 Å². The van der Waals surface area contributed by atoms with Gasteiger partial charge in [-0.2, -0.15) is 0 Å². The molecule has 1 aromatic heterocycles. The number of carbonyl (C=O) groups is 1. The van der Waals surface area contributed by atoms with Crippen molar-refractivity contribution in [2.75, 3.05) is 5.73 Å². The first-order valence-electron chi connectivity index (χ1n) is 7.10. The first kappa shape index (κ1) is 14.8. The Morgan fingerprint density at radius 1 is 1.17 bits per heavy atom. The molecule has 0 saturated carbocycles. The summed E-state index contributed by atoms with van der Waals surface area (Å²) >= 11 is 0. The highest BCUT2D eigenvalue weighted by atomic mass is 16.4. The number of hydrogen-bond acceptors (Lipinski definition) is 4. The van der Waals surface area contributed by atoms with Crippen LogP contribution in [0.2, 0.25) is 0 Å². The number of anilines is 1. The van der Waals surface area contributed by atoms with Crippen molar-refractivity contribution < 1.29 is 9.90 Å². The summed E-state index contributed by atoms with van der Waals surface area (Å²) in [6.45, 7) is 3.96. The standard InChI is InChI=1S/C17H16N4O2/c1-10-5-3-8-14(11(10)2)21-16(15(17(22)23)19-20-21)12-6-4-7-13(18)9-12/h3-9H,18H2,1-2H3,(H,22,23). The Morgan fingerprint density at radius 3 is 2.61 bits per heavy atom. The molecule has 3 rings (SSSR count). The number of aryl methyl sites for hydroxylation is 1. The molecule has 0 atom stereocenters. The van der Waals surface area contributed by atoms with Gasteiger partial charge in [0.25, 0.3) is 0 Å². The second kappa shape index (κ2) is 5.57. The van der Waals surface area contributed by atoms with Crippen LogP contribution < -0.4 is 5.73 Å². The Labute approximate surface area is 133 Å². The van der Waals surface area contributed by atoms with Crippen molar-refractivity contribution in [3.05, 3.63) is 59.3 Å². The minimum absolute atomic E-state index is 0.100. The minimum Gasteiger partial charge on any atom is -0.476 e. The molecule has 6 heteroatoms. The number of nitrogens with zero attached hydrogens (tertiary/aromatic N) is 3. The molecule has 6 nitrogen and oxygen atoms in total. The van der Waals surface area contributed by atoms with Crippen LogP contribution in [0.5, 0.6) is 0 Å². The first-order chi connectivity index (χ1) is 11.0. The summed E-state index contributed by atoms with van der Waals surface area (Å²) in [5.74, 6) is -1.13. The van der Waals surface area contributed by atoms with Crippen molar-refractivity contribution >= 4 is 11.7 Å². The Hall–Kier alpha value is -3.15. The first-order valence-corrected chi connectivity index (χ1v) is 7.10. The summed E-state index contributed by atoms with van der Waals surface area (Å²) in [7, 11) is 0. The van der Waals surface area contributed by atoms with E-state index in [2.05, 4.69) is 10.3 Å². The Bertz CT molecular complexity index is 899. The summed E-state index contributed by atoms with van der Waals surface area (Å²) in [5.41, 5.74) is 10.3. The van der Waals surface area contributed by atoms with Crippen LogP contribution in [0.1, 0.15) is 21.6 Å². The van der Waals surface area contributed by atoms with Gasteiger partial charge in [0.1, 0.15) is 5.69 Å². The highest BCUT2D eigenvalue weighted by molar-refractivity contribution is 5.93. The fourth-order valence-corrected chi connectivity index (χ4v) is 2.50. The normalized spacial score (nSPS) is 10.7. The number of nitrogens with two attached hydrogens (primary N) is 1. The molecule has 0 fully saturated rings. The molecular weight excluding hydrogens is 292 g/mol. The second-order valence-corrected chi connectivity index (χ2v) is 5.35. The zero-order valence-corrected chi connectivity index (χ0v) is 12.8. The largest absolute Gasteiger partial charge is 0.476 e. The van der Waals surface area contributed by atoms with E-state index >= 15 is 0 Å². The fraction of sp³-hybridized carbons (Fsp3) is 0.118. The molecule has 0 amide bonds. The highest BCUT2D eigenvalue weighted by Gasteiger charge is 2.22. The van der Waals surface area contributed by atoms with E-state index in [0.717, 1.165) is 16.8 Å². The molecule has 0 aliphatic rings. The lowest BCUT2D eigenvalue weighted by Crippen LogP contribution is -2.05. The molecule has 3 N–H and O–H groups in total. The molecule has 3 aromatic rings. The van der Waals surface area contributed by atoms with Crippen molar-refractivity contribution in [3.63, 3.8) is 0 Å². The lowest BCUT2D eigenvalue weighted by molar-refractivity contribution is 0.0691. The third-order valence-corrected chi connectivity index (χ3v) is 3.84. The predicted octanol–water partition coefficient (Wildman–Crippen LogP) is 2.83. The third-order valence-electron chi connectivity index (χ3n) is 3.84. The van der Waals surface area contributed by atoms with Crippen molar-refractivity contribution in [3.8, 4) is 16.9 Å². The van der Waals surface area contributed by atoms with E-state index in [0.29, 0.717) is 16.9 Å². The van der Waals surface area contributed by atoms with Gasteiger partial charge in [0, 0.05) is 11.3 Å². The zero-order valence-electron chi connectivity index (χ0n) is 12.8. The summed E-state index contributed by atoms with van der Waals surface area (Å²) in [6, 6.07) is 12.8. The number of benzene rings is 2. The number of carboxylic acid groups (broad SMARTS) is 1. The number of aromatic carboxylic acids is 1. The Kier molecular flexibility index (Phi) is 3.57. The molecule has 0 radical (unpaired) electrons. The molecule has 116 valence electrons. The van der Waals surface area contributed by atoms with E-state index in [1.54, 1.807) is 28.9 Å². The monoisotopic (exact) mass is 308 g/mol. The van der Waals surface area contributed by atoms with Gasteiger partial charge < -0.3 is 10.8 Å². The Balaban J connectivity index is 2.31. The van der Waals surface area contributed by atoms with Gasteiger partial charge in [-0.25, -0.2) is 9.48 Å². The second-order valence-electron chi connectivity index (χ2n) is 5.35. The van der Waals surface area contributed by atoms with Crippen LogP contribution in [0.15, 0.2) is 42.5 Å².